The van der Waals surface area contributed by atoms with Crippen LogP contribution in [-0.4, -0.2) is 65.7 Å². The molecule has 0 radical (unpaired) electrons. The molecular formula is C24H37N3O7. The minimum absolute atomic E-state index is 0.00359. The van der Waals surface area contributed by atoms with Crippen LogP contribution in [0.3, 0.4) is 0 Å². The fourth-order valence-corrected chi connectivity index (χ4v) is 3.27. The lowest BCUT2D eigenvalue weighted by Crippen LogP contribution is -2.53. The Kier molecular flexibility index (Phi) is 10.8. The molecule has 2 unspecified atom stereocenters. The number of hydrogen-bond donors (Lipinski definition) is 3. The van der Waals surface area contributed by atoms with Crippen molar-refractivity contribution in [3.63, 3.8) is 0 Å². The lowest BCUT2D eigenvalue weighted by molar-refractivity contribution is -0.144. The second kappa shape index (κ2) is 12.8. The number of amides is 3. The molecule has 0 fully saturated rings. The predicted octanol–water partition coefficient (Wildman–Crippen LogP) is 2.51. The molecule has 1 rings (SSSR count). The molecular weight excluding hydrogens is 442 g/mol. The second-order valence-corrected chi connectivity index (χ2v) is 9.24. The molecule has 0 saturated heterocycles. The highest BCUT2D eigenvalue weighted by Gasteiger charge is 2.36. The van der Waals surface area contributed by atoms with Gasteiger partial charge in [0.05, 0.1) is 7.11 Å². The minimum Gasteiger partial charge on any atom is -0.508 e. The quantitative estimate of drug-likeness (QED) is 0.439. The van der Waals surface area contributed by atoms with Crippen LogP contribution >= 0.6 is 0 Å². The number of benzene rings is 1. The number of hydrogen-bond acceptors (Lipinski definition) is 7. The van der Waals surface area contributed by atoms with Crippen LogP contribution in [0.25, 0.3) is 0 Å². The first-order valence-electron chi connectivity index (χ1n) is 11.2. The van der Waals surface area contributed by atoms with Gasteiger partial charge in [-0.3, -0.25) is 14.4 Å². The molecule has 0 saturated carbocycles. The number of methoxy groups -OCH3 is 1. The van der Waals surface area contributed by atoms with Gasteiger partial charge in [-0.05, 0) is 57.7 Å². The zero-order valence-electron chi connectivity index (χ0n) is 21.0. The third-order valence-corrected chi connectivity index (χ3v) is 4.72. The molecule has 0 aliphatic heterocycles. The van der Waals surface area contributed by atoms with Crippen molar-refractivity contribution in [2.24, 2.45) is 5.92 Å². The summed E-state index contributed by atoms with van der Waals surface area (Å²) in [6, 6.07) is 3.79. The van der Waals surface area contributed by atoms with Crippen LogP contribution in [0.5, 0.6) is 5.75 Å². The van der Waals surface area contributed by atoms with Gasteiger partial charge >= 0.3 is 12.1 Å². The molecule has 0 spiro atoms. The summed E-state index contributed by atoms with van der Waals surface area (Å²) in [5.74, 6) is -1.67. The standard InChI is InChI=1S/C24H37N3O7/c1-8-27(22(31)18(13-15(2)3)26-23(32)34-24(4,5)6)20(16-9-11-17(28)12-10-16)21(30)25-14-19(29)33-7/h9-12,15,18,20,28H,8,13-14H2,1-7H3,(H,25,30)(H,26,32). The summed E-state index contributed by atoms with van der Waals surface area (Å²) in [5.41, 5.74) is -0.321. The SMILES string of the molecule is CCN(C(=O)C(CC(C)C)NC(=O)OC(C)(C)C)C(C(=O)NCC(=O)OC)c1ccc(O)cc1. The molecule has 0 heterocycles. The molecule has 10 heteroatoms. The summed E-state index contributed by atoms with van der Waals surface area (Å²) >= 11 is 0. The topological polar surface area (TPSA) is 134 Å². The number of esters is 1. The maximum atomic E-state index is 13.6. The highest BCUT2D eigenvalue weighted by atomic mass is 16.6. The van der Waals surface area contributed by atoms with Gasteiger partial charge in [0.2, 0.25) is 11.8 Å². The Labute approximate surface area is 201 Å². The van der Waals surface area contributed by atoms with Crippen molar-refractivity contribution < 1.29 is 33.8 Å². The van der Waals surface area contributed by atoms with Crippen molar-refractivity contribution in [3.8, 4) is 5.75 Å². The van der Waals surface area contributed by atoms with E-state index in [1.807, 2.05) is 13.8 Å². The van der Waals surface area contributed by atoms with E-state index in [9.17, 15) is 24.3 Å². The monoisotopic (exact) mass is 479 g/mol. The molecule has 3 amide bonds. The van der Waals surface area contributed by atoms with Gasteiger partial charge in [0.25, 0.3) is 0 Å². The van der Waals surface area contributed by atoms with E-state index in [0.29, 0.717) is 12.0 Å². The number of ether oxygens (including phenoxy) is 2. The van der Waals surface area contributed by atoms with Crippen molar-refractivity contribution in [2.75, 3.05) is 20.2 Å². The molecule has 0 aliphatic rings. The van der Waals surface area contributed by atoms with Gasteiger partial charge in [-0.2, -0.15) is 0 Å². The Morgan fingerprint density at radius 3 is 2.15 bits per heavy atom. The van der Waals surface area contributed by atoms with Crippen LogP contribution in [0.1, 0.15) is 59.6 Å². The normalized spacial score (nSPS) is 12.9. The van der Waals surface area contributed by atoms with Crippen LogP contribution in [0, 0.1) is 5.92 Å². The molecule has 1 aromatic rings. The molecule has 0 aromatic heterocycles. The Hall–Kier alpha value is -3.30. The van der Waals surface area contributed by atoms with E-state index in [-0.39, 0.29) is 24.8 Å². The highest BCUT2D eigenvalue weighted by molar-refractivity contribution is 5.93. The third kappa shape index (κ3) is 9.29. The largest absolute Gasteiger partial charge is 0.508 e. The van der Waals surface area contributed by atoms with E-state index in [2.05, 4.69) is 15.4 Å². The molecule has 0 aliphatic carbocycles. The first-order valence-corrected chi connectivity index (χ1v) is 11.2. The predicted molar refractivity (Wildman–Crippen MR) is 126 cm³/mol. The van der Waals surface area contributed by atoms with E-state index >= 15 is 0 Å². The molecule has 3 N–H and O–H groups in total. The number of nitrogens with zero attached hydrogens (tertiary/aromatic N) is 1. The zero-order chi connectivity index (χ0) is 26.1. The first-order chi connectivity index (χ1) is 15.8. The van der Waals surface area contributed by atoms with Gasteiger partial charge in [0.15, 0.2) is 0 Å². The Bertz CT molecular complexity index is 847. The molecule has 0 bridgehead atoms. The second-order valence-electron chi connectivity index (χ2n) is 9.24. The number of alkyl carbamates (subject to hydrolysis) is 1. The number of phenolic OH excluding ortho intramolecular Hbond substituents is 1. The van der Waals surface area contributed by atoms with Gasteiger partial charge < -0.3 is 30.1 Å². The fraction of sp³-hybridized carbons (Fsp3) is 0.583. The van der Waals surface area contributed by atoms with Gasteiger partial charge in [-0.1, -0.05) is 26.0 Å². The summed E-state index contributed by atoms with van der Waals surface area (Å²) in [5, 5.41) is 14.8. The number of carbonyl (C=O) groups is 4. The minimum atomic E-state index is -1.11. The van der Waals surface area contributed by atoms with E-state index in [4.69, 9.17) is 4.74 Å². The Morgan fingerprint density at radius 1 is 1.09 bits per heavy atom. The summed E-state index contributed by atoms with van der Waals surface area (Å²) in [6.45, 7) is 10.5. The molecule has 190 valence electrons. The summed E-state index contributed by atoms with van der Waals surface area (Å²) < 4.78 is 9.89. The van der Waals surface area contributed by atoms with E-state index in [0.717, 1.165) is 0 Å². The third-order valence-electron chi connectivity index (χ3n) is 4.72. The fourth-order valence-electron chi connectivity index (χ4n) is 3.27. The number of rotatable bonds is 10. The Morgan fingerprint density at radius 2 is 1.68 bits per heavy atom. The number of likely N-dealkylation sites (N-methyl/N-ethyl adjacent to an activating group) is 1. The lowest BCUT2D eigenvalue weighted by Gasteiger charge is -2.34. The summed E-state index contributed by atoms with van der Waals surface area (Å²) in [7, 11) is 1.20. The average molecular weight is 480 g/mol. The molecule has 2 atom stereocenters. The maximum absolute atomic E-state index is 13.6. The summed E-state index contributed by atoms with van der Waals surface area (Å²) in [4.78, 5) is 52.0. The van der Waals surface area contributed by atoms with E-state index in [1.165, 1.54) is 36.3 Å². The van der Waals surface area contributed by atoms with Crippen LogP contribution in [0.15, 0.2) is 24.3 Å². The smallest absolute Gasteiger partial charge is 0.408 e. The number of carbonyl (C=O) groups excluding carboxylic acids is 4. The maximum Gasteiger partial charge on any atom is 0.408 e. The van der Waals surface area contributed by atoms with E-state index < -0.39 is 41.6 Å². The van der Waals surface area contributed by atoms with Crippen molar-refractivity contribution in [1.82, 2.24) is 15.5 Å². The van der Waals surface area contributed by atoms with Crippen LogP contribution in [0.4, 0.5) is 4.79 Å². The lowest BCUT2D eigenvalue weighted by atomic mass is 9.99. The Balaban J connectivity index is 3.31. The molecule has 1 aromatic carbocycles. The van der Waals surface area contributed by atoms with Crippen molar-refractivity contribution in [2.45, 2.75) is 65.6 Å². The average Bonchev–Trinajstić information content (AvgIpc) is 2.73. The van der Waals surface area contributed by atoms with Crippen molar-refractivity contribution >= 4 is 23.9 Å². The van der Waals surface area contributed by atoms with E-state index in [1.54, 1.807) is 27.7 Å². The van der Waals surface area contributed by atoms with Crippen LogP contribution < -0.4 is 10.6 Å². The first kappa shape index (κ1) is 28.7. The van der Waals surface area contributed by atoms with Gasteiger partial charge in [-0.25, -0.2) is 4.79 Å². The van der Waals surface area contributed by atoms with Gasteiger partial charge in [0.1, 0.15) is 30.0 Å². The summed E-state index contributed by atoms with van der Waals surface area (Å²) in [6.07, 6.45) is -0.417. The highest BCUT2D eigenvalue weighted by Crippen LogP contribution is 2.25. The van der Waals surface area contributed by atoms with Crippen molar-refractivity contribution in [1.29, 1.82) is 0 Å². The number of aromatic hydroxyl groups is 1. The number of phenols is 1. The van der Waals surface area contributed by atoms with Crippen LogP contribution in [-0.2, 0) is 23.9 Å². The van der Waals surface area contributed by atoms with Crippen molar-refractivity contribution in [3.05, 3.63) is 29.8 Å². The molecule has 10 nitrogen and oxygen atoms in total. The van der Waals surface area contributed by atoms with Crippen LogP contribution in [0.2, 0.25) is 0 Å². The van der Waals surface area contributed by atoms with Gasteiger partial charge in [0, 0.05) is 6.54 Å². The van der Waals surface area contributed by atoms with Gasteiger partial charge in [-0.15, -0.1) is 0 Å². The zero-order valence-corrected chi connectivity index (χ0v) is 21.0. The molecule has 34 heavy (non-hydrogen) atoms. The number of nitrogens with one attached hydrogen (secondary N) is 2.